The van der Waals surface area contributed by atoms with Gasteiger partial charge in [0.1, 0.15) is 0 Å². The lowest BCUT2D eigenvalue weighted by molar-refractivity contribution is -0.132. The summed E-state index contributed by atoms with van der Waals surface area (Å²) in [6.45, 7) is 2.14. The summed E-state index contributed by atoms with van der Waals surface area (Å²) in [6.07, 6.45) is 2.20. The number of carbonyl (C=O) groups is 2. The Morgan fingerprint density at radius 3 is 2.63 bits per heavy atom. The van der Waals surface area contributed by atoms with Crippen molar-refractivity contribution in [2.75, 3.05) is 0 Å². The molecule has 1 atom stereocenters. The van der Waals surface area contributed by atoms with Crippen LogP contribution in [0.25, 0.3) is 0 Å². The molecule has 2 rings (SSSR count). The molecule has 4 nitrogen and oxygen atoms in total. The first-order valence-electron chi connectivity index (χ1n) is 5.82. The predicted octanol–water partition coefficient (Wildman–Crippen LogP) is 2.49. The SMILES string of the molecule is Cc1cncc(C(=O)C(OC=O)c2ccccc2)c1. The van der Waals surface area contributed by atoms with Crippen LogP contribution < -0.4 is 0 Å². The largest absolute Gasteiger partial charge is 0.451 e. The summed E-state index contributed by atoms with van der Waals surface area (Å²) in [5.41, 5.74) is 1.94. The zero-order valence-electron chi connectivity index (χ0n) is 10.4. The molecule has 0 saturated heterocycles. The first kappa shape index (κ1) is 13.0. The van der Waals surface area contributed by atoms with Crippen molar-refractivity contribution in [2.45, 2.75) is 13.0 Å². The van der Waals surface area contributed by atoms with Crippen LogP contribution in [0.1, 0.15) is 27.6 Å². The molecule has 1 unspecified atom stereocenters. The van der Waals surface area contributed by atoms with Gasteiger partial charge in [-0.1, -0.05) is 30.3 Å². The fourth-order valence-electron chi connectivity index (χ4n) is 1.82. The van der Waals surface area contributed by atoms with Crippen molar-refractivity contribution in [3.05, 3.63) is 65.5 Å². The molecule has 0 aliphatic carbocycles. The molecule has 0 bridgehead atoms. The number of rotatable bonds is 5. The monoisotopic (exact) mass is 255 g/mol. The Morgan fingerprint density at radius 1 is 1.26 bits per heavy atom. The number of pyridine rings is 1. The van der Waals surface area contributed by atoms with Crippen LogP contribution in [-0.4, -0.2) is 17.2 Å². The van der Waals surface area contributed by atoms with Gasteiger partial charge in [0.25, 0.3) is 6.47 Å². The molecule has 0 radical (unpaired) electrons. The van der Waals surface area contributed by atoms with E-state index >= 15 is 0 Å². The molecule has 1 aromatic carbocycles. The number of nitrogens with zero attached hydrogens (tertiary/aromatic N) is 1. The fraction of sp³-hybridized carbons (Fsp3) is 0.133. The minimum absolute atomic E-state index is 0.283. The van der Waals surface area contributed by atoms with Gasteiger partial charge in [0.05, 0.1) is 0 Å². The number of hydrogen-bond donors (Lipinski definition) is 0. The van der Waals surface area contributed by atoms with Crippen molar-refractivity contribution in [2.24, 2.45) is 0 Å². The highest BCUT2D eigenvalue weighted by molar-refractivity contribution is 6.00. The number of carbonyl (C=O) groups excluding carboxylic acids is 2. The van der Waals surface area contributed by atoms with Crippen LogP contribution >= 0.6 is 0 Å². The molecule has 0 N–H and O–H groups in total. The van der Waals surface area contributed by atoms with Gasteiger partial charge in [-0.3, -0.25) is 14.6 Å². The Balaban J connectivity index is 2.34. The van der Waals surface area contributed by atoms with Crippen LogP contribution in [0, 0.1) is 6.92 Å². The van der Waals surface area contributed by atoms with E-state index in [0.29, 0.717) is 17.6 Å². The van der Waals surface area contributed by atoms with Crippen LogP contribution in [0.3, 0.4) is 0 Å². The maximum Gasteiger partial charge on any atom is 0.294 e. The quantitative estimate of drug-likeness (QED) is 0.608. The summed E-state index contributed by atoms with van der Waals surface area (Å²) >= 11 is 0. The van der Waals surface area contributed by atoms with Gasteiger partial charge >= 0.3 is 0 Å². The van der Waals surface area contributed by atoms with Gasteiger partial charge in [0, 0.05) is 23.5 Å². The number of benzene rings is 1. The van der Waals surface area contributed by atoms with E-state index in [4.69, 9.17) is 4.74 Å². The average molecular weight is 255 g/mol. The normalized spacial score (nSPS) is 11.6. The molecule has 19 heavy (non-hydrogen) atoms. The Morgan fingerprint density at radius 2 is 2.00 bits per heavy atom. The molecule has 96 valence electrons. The third-order valence-electron chi connectivity index (χ3n) is 2.69. The molecule has 2 aromatic rings. The smallest absolute Gasteiger partial charge is 0.294 e. The second-order valence-electron chi connectivity index (χ2n) is 4.14. The molecule has 1 aromatic heterocycles. The van der Waals surface area contributed by atoms with E-state index in [1.165, 1.54) is 6.20 Å². The number of aryl methyl sites for hydroxylation is 1. The number of Topliss-reactive ketones (excluding diaryl/α,β-unsaturated/α-hetero) is 1. The molecular formula is C15H13NO3. The lowest BCUT2D eigenvalue weighted by Gasteiger charge is -2.14. The van der Waals surface area contributed by atoms with Gasteiger partial charge in [-0.25, -0.2) is 0 Å². The van der Waals surface area contributed by atoms with E-state index in [1.807, 2.05) is 13.0 Å². The predicted molar refractivity (Wildman–Crippen MR) is 69.6 cm³/mol. The first-order chi connectivity index (χ1) is 9.22. The summed E-state index contributed by atoms with van der Waals surface area (Å²) in [5, 5.41) is 0. The Labute approximate surface area is 111 Å². The van der Waals surface area contributed by atoms with Gasteiger partial charge in [-0.05, 0) is 18.6 Å². The number of hydrogen-bond acceptors (Lipinski definition) is 4. The minimum Gasteiger partial charge on any atom is -0.451 e. The second-order valence-corrected chi connectivity index (χ2v) is 4.14. The number of ketones is 1. The lowest BCUT2D eigenvalue weighted by Crippen LogP contribution is -2.16. The fourth-order valence-corrected chi connectivity index (χ4v) is 1.82. The van der Waals surface area contributed by atoms with Crippen molar-refractivity contribution in [3.63, 3.8) is 0 Å². The van der Waals surface area contributed by atoms with Gasteiger partial charge in [0.2, 0.25) is 5.78 Å². The zero-order valence-corrected chi connectivity index (χ0v) is 10.4. The molecule has 0 saturated carbocycles. The molecule has 4 heteroatoms. The van der Waals surface area contributed by atoms with Crippen LogP contribution in [0.15, 0.2) is 48.8 Å². The Hall–Kier alpha value is -2.49. The maximum absolute atomic E-state index is 12.4. The third-order valence-corrected chi connectivity index (χ3v) is 2.69. The number of ether oxygens (including phenoxy) is 1. The standard InChI is InChI=1S/C15H13NO3/c1-11-7-13(9-16-8-11)14(18)15(19-10-17)12-5-3-2-4-6-12/h2-10,15H,1H3. The molecule has 0 aliphatic rings. The highest BCUT2D eigenvalue weighted by Gasteiger charge is 2.23. The summed E-state index contributed by atoms with van der Waals surface area (Å²) in [6, 6.07) is 10.6. The van der Waals surface area contributed by atoms with Gasteiger partial charge in [-0.15, -0.1) is 0 Å². The molecule has 0 fully saturated rings. The average Bonchev–Trinajstić information content (AvgIpc) is 2.45. The first-order valence-corrected chi connectivity index (χ1v) is 5.82. The van der Waals surface area contributed by atoms with Gasteiger partial charge in [0.15, 0.2) is 6.10 Å². The van der Waals surface area contributed by atoms with Gasteiger partial charge < -0.3 is 4.74 Å². The Bertz CT molecular complexity index is 581. The van der Waals surface area contributed by atoms with Crippen LogP contribution in [0.4, 0.5) is 0 Å². The van der Waals surface area contributed by atoms with Crippen molar-refractivity contribution in [1.29, 1.82) is 0 Å². The highest BCUT2D eigenvalue weighted by atomic mass is 16.5. The van der Waals surface area contributed by atoms with E-state index in [1.54, 1.807) is 36.5 Å². The van der Waals surface area contributed by atoms with Gasteiger partial charge in [-0.2, -0.15) is 0 Å². The third kappa shape index (κ3) is 3.04. The van der Waals surface area contributed by atoms with E-state index in [-0.39, 0.29) is 5.78 Å². The van der Waals surface area contributed by atoms with Crippen LogP contribution in [0.2, 0.25) is 0 Å². The topological polar surface area (TPSA) is 56.3 Å². The summed E-state index contributed by atoms with van der Waals surface area (Å²) in [5.74, 6) is -0.283. The zero-order chi connectivity index (χ0) is 13.7. The van der Waals surface area contributed by atoms with E-state index in [9.17, 15) is 9.59 Å². The summed E-state index contributed by atoms with van der Waals surface area (Å²) in [7, 11) is 0. The second kappa shape index (κ2) is 5.91. The number of aromatic nitrogens is 1. The van der Waals surface area contributed by atoms with Crippen molar-refractivity contribution >= 4 is 12.3 Å². The lowest BCUT2D eigenvalue weighted by atomic mass is 10.0. The highest BCUT2D eigenvalue weighted by Crippen LogP contribution is 2.21. The van der Waals surface area contributed by atoms with E-state index in [2.05, 4.69) is 4.98 Å². The van der Waals surface area contributed by atoms with Crippen LogP contribution in [0.5, 0.6) is 0 Å². The van der Waals surface area contributed by atoms with Crippen molar-refractivity contribution in [3.8, 4) is 0 Å². The molecular weight excluding hydrogens is 242 g/mol. The molecule has 1 heterocycles. The maximum atomic E-state index is 12.4. The molecule has 0 spiro atoms. The Kier molecular flexibility index (Phi) is 4.03. The summed E-state index contributed by atoms with van der Waals surface area (Å²) in [4.78, 5) is 26.9. The van der Waals surface area contributed by atoms with Crippen LogP contribution in [-0.2, 0) is 9.53 Å². The molecule has 0 aliphatic heterocycles. The van der Waals surface area contributed by atoms with Crippen molar-refractivity contribution in [1.82, 2.24) is 4.98 Å². The minimum atomic E-state index is -0.928. The molecule has 0 amide bonds. The van der Waals surface area contributed by atoms with Crippen molar-refractivity contribution < 1.29 is 14.3 Å². The summed E-state index contributed by atoms with van der Waals surface area (Å²) < 4.78 is 4.93. The van der Waals surface area contributed by atoms with E-state index < -0.39 is 6.10 Å². The van der Waals surface area contributed by atoms with E-state index in [0.717, 1.165) is 5.56 Å².